The Morgan fingerprint density at radius 3 is 2.67 bits per heavy atom. The highest BCUT2D eigenvalue weighted by Crippen LogP contribution is 2.08. The van der Waals surface area contributed by atoms with Crippen LogP contribution in [0, 0.1) is 0 Å². The van der Waals surface area contributed by atoms with E-state index in [1.54, 1.807) is 0 Å². The van der Waals surface area contributed by atoms with Crippen LogP contribution >= 0.6 is 0 Å². The van der Waals surface area contributed by atoms with E-state index in [4.69, 9.17) is 4.74 Å². The van der Waals surface area contributed by atoms with Crippen molar-refractivity contribution in [2.24, 2.45) is 0 Å². The lowest BCUT2D eigenvalue weighted by molar-refractivity contribution is -0.121. The van der Waals surface area contributed by atoms with E-state index in [1.165, 1.54) is 12.8 Å². The molecule has 0 saturated heterocycles. The summed E-state index contributed by atoms with van der Waals surface area (Å²) in [6.07, 6.45) is 4.73. The Balaban J connectivity index is 1.99. The zero-order valence-electron chi connectivity index (χ0n) is 11.2. The smallest absolute Gasteiger partial charge is 0.220 e. The van der Waals surface area contributed by atoms with Crippen molar-refractivity contribution in [2.45, 2.75) is 39.0 Å². The number of hydrogen-bond donors (Lipinski definition) is 1. The number of unbranched alkanes of at least 4 members (excludes halogenated alkanes) is 2. The molecule has 0 aliphatic heterocycles. The van der Waals surface area contributed by atoms with Crippen LogP contribution in [-0.4, -0.2) is 19.1 Å². The molecule has 100 valence electrons. The summed E-state index contributed by atoms with van der Waals surface area (Å²) in [4.78, 5) is 11.5. The Bertz CT molecular complexity index is 325. The van der Waals surface area contributed by atoms with E-state index in [-0.39, 0.29) is 5.91 Å². The summed E-state index contributed by atoms with van der Waals surface area (Å²) in [6.45, 7) is 3.54. The Morgan fingerprint density at radius 1 is 1.17 bits per heavy atom. The predicted molar refractivity (Wildman–Crippen MR) is 73.7 cm³/mol. The average molecular weight is 249 g/mol. The third kappa shape index (κ3) is 6.94. The second-order valence-corrected chi connectivity index (χ2v) is 4.32. The fraction of sp³-hybridized carbons (Fsp3) is 0.533. The molecule has 1 aromatic rings. The third-order valence-corrected chi connectivity index (χ3v) is 2.66. The van der Waals surface area contributed by atoms with Gasteiger partial charge in [-0.15, -0.1) is 0 Å². The minimum absolute atomic E-state index is 0.128. The first-order valence-corrected chi connectivity index (χ1v) is 6.77. The Hall–Kier alpha value is -1.51. The topological polar surface area (TPSA) is 38.3 Å². The standard InChI is InChI=1S/C15H23NO2/c1-2-3-7-12-16-15(17)11-8-13-18-14-9-5-4-6-10-14/h4-6,9-10H,2-3,7-8,11-13H2,1H3,(H,16,17). The van der Waals surface area contributed by atoms with E-state index < -0.39 is 0 Å². The van der Waals surface area contributed by atoms with Crippen molar-refractivity contribution in [1.29, 1.82) is 0 Å². The molecule has 0 radical (unpaired) electrons. The molecule has 0 heterocycles. The summed E-state index contributed by atoms with van der Waals surface area (Å²) in [7, 11) is 0. The van der Waals surface area contributed by atoms with Gasteiger partial charge in [-0.3, -0.25) is 4.79 Å². The third-order valence-electron chi connectivity index (χ3n) is 2.66. The number of hydrogen-bond acceptors (Lipinski definition) is 2. The molecule has 0 fully saturated rings. The van der Waals surface area contributed by atoms with Gasteiger partial charge in [-0.2, -0.15) is 0 Å². The first-order valence-electron chi connectivity index (χ1n) is 6.77. The number of para-hydroxylation sites is 1. The van der Waals surface area contributed by atoms with E-state index >= 15 is 0 Å². The molecule has 1 amide bonds. The first-order chi connectivity index (χ1) is 8.83. The molecule has 0 aliphatic carbocycles. The minimum atomic E-state index is 0.128. The van der Waals surface area contributed by atoms with Gasteiger partial charge < -0.3 is 10.1 Å². The van der Waals surface area contributed by atoms with Gasteiger partial charge >= 0.3 is 0 Å². The monoisotopic (exact) mass is 249 g/mol. The maximum atomic E-state index is 11.5. The van der Waals surface area contributed by atoms with Gasteiger partial charge in [-0.25, -0.2) is 0 Å². The van der Waals surface area contributed by atoms with Crippen molar-refractivity contribution in [1.82, 2.24) is 5.32 Å². The largest absolute Gasteiger partial charge is 0.494 e. The minimum Gasteiger partial charge on any atom is -0.494 e. The summed E-state index contributed by atoms with van der Waals surface area (Å²) in [5, 5.41) is 2.92. The fourth-order valence-corrected chi connectivity index (χ4v) is 1.63. The number of carbonyl (C=O) groups excluding carboxylic acids is 1. The van der Waals surface area contributed by atoms with Crippen LogP contribution in [0.25, 0.3) is 0 Å². The lowest BCUT2D eigenvalue weighted by Crippen LogP contribution is -2.24. The molecule has 0 bridgehead atoms. The molecule has 1 rings (SSSR count). The second kappa shape index (κ2) is 9.51. The molecule has 0 unspecified atom stereocenters. The number of amides is 1. The quantitative estimate of drug-likeness (QED) is 0.683. The maximum absolute atomic E-state index is 11.5. The molecule has 0 atom stereocenters. The molecule has 0 aliphatic rings. The zero-order valence-corrected chi connectivity index (χ0v) is 11.2. The van der Waals surface area contributed by atoms with Gasteiger partial charge in [0.15, 0.2) is 0 Å². The zero-order chi connectivity index (χ0) is 13.1. The summed E-state index contributed by atoms with van der Waals surface area (Å²) < 4.78 is 5.52. The molecule has 3 heteroatoms. The number of nitrogens with one attached hydrogen (secondary N) is 1. The molecular formula is C15H23NO2. The van der Waals surface area contributed by atoms with Crippen molar-refractivity contribution in [2.75, 3.05) is 13.2 Å². The van der Waals surface area contributed by atoms with Gasteiger partial charge in [0.25, 0.3) is 0 Å². The van der Waals surface area contributed by atoms with Crippen molar-refractivity contribution in [3.8, 4) is 5.75 Å². The Kier molecular flexibility index (Phi) is 7.69. The maximum Gasteiger partial charge on any atom is 0.220 e. The lowest BCUT2D eigenvalue weighted by Gasteiger charge is -2.06. The van der Waals surface area contributed by atoms with Crippen molar-refractivity contribution in [3.63, 3.8) is 0 Å². The van der Waals surface area contributed by atoms with Gasteiger partial charge in [-0.1, -0.05) is 38.0 Å². The van der Waals surface area contributed by atoms with Crippen LogP contribution in [-0.2, 0) is 4.79 Å². The number of ether oxygens (including phenoxy) is 1. The second-order valence-electron chi connectivity index (χ2n) is 4.32. The molecule has 1 N–H and O–H groups in total. The molecule has 0 saturated carbocycles. The van der Waals surface area contributed by atoms with E-state index in [1.807, 2.05) is 30.3 Å². The summed E-state index contributed by atoms with van der Waals surface area (Å²) in [5.74, 6) is 0.989. The molecule has 3 nitrogen and oxygen atoms in total. The summed E-state index contributed by atoms with van der Waals surface area (Å²) >= 11 is 0. The van der Waals surface area contributed by atoms with E-state index in [2.05, 4.69) is 12.2 Å². The van der Waals surface area contributed by atoms with Gasteiger partial charge in [-0.05, 0) is 25.0 Å². The molecule has 0 spiro atoms. The Labute approximate surface area is 110 Å². The highest BCUT2D eigenvalue weighted by Gasteiger charge is 2.00. The fourth-order valence-electron chi connectivity index (χ4n) is 1.63. The number of benzene rings is 1. The van der Waals surface area contributed by atoms with E-state index in [0.717, 1.165) is 25.1 Å². The van der Waals surface area contributed by atoms with E-state index in [9.17, 15) is 4.79 Å². The molecular weight excluding hydrogens is 226 g/mol. The van der Waals surface area contributed by atoms with Crippen LogP contribution in [0.1, 0.15) is 39.0 Å². The van der Waals surface area contributed by atoms with Crippen LogP contribution in [0.2, 0.25) is 0 Å². The van der Waals surface area contributed by atoms with Crippen molar-refractivity contribution < 1.29 is 9.53 Å². The summed E-state index contributed by atoms with van der Waals surface area (Å²) in [6, 6.07) is 9.68. The number of carbonyl (C=O) groups is 1. The van der Waals surface area contributed by atoms with Gasteiger partial charge in [0.1, 0.15) is 5.75 Å². The van der Waals surface area contributed by atoms with Crippen molar-refractivity contribution >= 4 is 5.91 Å². The Morgan fingerprint density at radius 2 is 1.94 bits per heavy atom. The molecule has 0 aromatic heterocycles. The first kappa shape index (κ1) is 14.6. The van der Waals surface area contributed by atoms with Crippen LogP contribution in [0.5, 0.6) is 5.75 Å². The molecule has 1 aromatic carbocycles. The highest BCUT2D eigenvalue weighted by atomic mass is 16.5. The van der Waals surface area contributed by atoms with Gasteiger partial charge in [0, 0.05) is 13.0 Å². The lowest BCUT2D eigenvalue weighted by atomic mass is 10.2. The van der Waals surface area contributed by atoms with Crippen LogP contribution in [0.4, 0.5) is 0 Å². The highest BCUT2D eigenvalue weighted by molar-refractivity contribution is 5.75. The number of rotatable bonds is 9. The summed E-state index contributed by atoms with van der Waals surface area (Å²) in [5.41, 5.74) is 0. The van der Waals surface area contributed by atoms with Crippen LogP contribution in [0.3, 0.4) is 0 Å². The average Bonchev–Trinajstić information content (AvgIpc) is 2.41. The van der Waals surface area contributed by atoms with Crippen LogP contribution in [0.15, 0.2) is 30.3 Å². The van der Waals surface area contributed by atoms with E-state index in [0.29, 0.717) is 13.0 Å². The van der Waals surface area contributed by atoms with Gasteiger partial charge in [0.2, 0.25) is 5.91 Å². The predicted octanol–water partition coefficient (Wildman–Crippen LogP) is 3.15. The normalized spacial score (nSPS) is 10.1. The van der Waals surface area contributed by atoms with Crippen molar-refractivity contribution in [3.05, 3.63) is 30.3 Å². The van der Waals surface area contributed by atoms with Gasteiger partial charge in [0.05, 0.1) is 6.61 Å². The van der Waals surface area contributed by atoms with Crippen LogP contribution < -0.4 is 10.1 Å². The molecule has 18 heavy (non-hydrogen) atoms. The SMILES string of the molecule is CCCCCNC(=O)CCCOc1ccccc1.